The molecule has 24 heteroatoms. The smallest absolute Gasteiger partial charge is 0.326 e. The Kier molecular flexibility index (Phi) is 27.1. The number of urea groups is 2. The second-order valence-corrected chi connectivity index (χ2v) is 23.2. The van der Waals surface area contributed by atoms with Gasteiger partial charge >= 0.3 is 12.1 Å². The van der Waals surface area contributed by atoms with Gasteiger partial charge in [-0.2, -0.15) is 0 Å². The molecule has 10 atom stereocenters. The third-order valence-corrected chi connectivity index (χ3v) is 14.0. The predicted molar refractivity (Wildman–Crippen MR) is 293 cm³/mol. The van der Waals surface area contributed by atoms with Gasteiger partial charge in [-0.1, -0.05) is 74.5 Å². The predicted octanol–water partition coefficient (Wildman–Crippen LogP) is 1.38. The number of allylic oxidation sites excluding steroid dienone is 2. The summed E-state index contributed by atoms with van der Waals surface area (Å²) >= 11 is 0. The quantitative estimate of drug-likeness (QED) is 0.151. The zero-order valence-corrected chi connectivity index (χ0v) is 50.3. The molecule has 0 bridgehead atoms. The lowest BCUT2D eigenvalue weighted by molar-refractivity contribution is -0.148. The van der Waals surface area contributed by atoms with E-state index in [0.717, 1.165) is 34.3 Å². The van der Waals surface area contributed by atoms with Crippen LogP contribution in [0.25, 0.3) is 0 Å². The fourth-order valence-electron chi connectivity index (χ4n) is 9.12. The van der Waals surface area contributed by atoms with Gasteiger partial charge in [0.05, 0.1) is 11.7 Å². The Hall–Kier alpha value is -6.17. The van der Waals surface area contributed by atoms with Gasteiger partial charge in [-0.25, -0.2) is 9.59 Å². The standard InChI is InChI=1S/C54H95N11O13/c1-22-23-24-33(10)43(67)42-47(71)58-52(76)59(15)28-39(66)60(16)38(27-54(13,14)78)46(70)57-40(31(6)7)50(74)61(17)36(25-29(2)3)45(69)55-34(11)44(68)56-35(12)48(72)62(18)37(26-30(4)5)49(73)65(21)53(77)64(20)41(32(8)9)51(75)63(42)19/h22-23,29-38,40-43,67,78H,24-28H2,1-21H3,(H,55,69)(H,56,68)(H,57,70)(H,58,71,76)/b23-22+/t33-,34-,35-,36-,37+,38+,40-,41+,42?,43-/m1/s1. The van der Waals surface area contributed by atoms with E-state index in [1.54, 1.807) is 67.5 Å². The Labute approximate surface area is 462 Å². The van der Waals surface area contributed by atoms with Crippen LogP contribution in [0.4, 0.5) is 9.59 Å². The highest BCUT2D eigenvalue weighted by Crippen LogP contribution is 2.24. The fraction of sp³-hybridized carbons (Fsp3) is 0.759. The van der Waals surface area contributed by atoms with Gasteiger partial charge in [0.2, 0.25) is 41.4 Å². The Morgan fingerprint density at radius 2 is 1.08 bits per heavy atom. The minimum absolute atomic E-state index is 0.0654. The Bertz CT molecular complexity index is 2180. The van der Waals surface area contributed by atoms with Gasteiger partial charge in [-0.05, 0) is 83.5 Å². The number of nitrogens with one attached hydrogen (secondary N) is 4. The summed E-state index contributed by atoms with van der Waals surface area (Å²) in [5, 5.41) is 32.9. The molecular weight excluding hydrogens is 1010 g/mol. The normalized spacial score (nSPS) is 26.1. The molecule has 6 N–H and O–H groups in total. The Balaban J connectivity index is 4.19. The summed E-state index contributed by atoms with van der Waals surface area (Å²) < 4.78 is 0. The van der Waals surface area contributed by atoms with Crippen molar-refractivity contribution in [3.05, 3.63) is 12.2 Å². The van der Waals surface area contributed by atoms with E-state index in [0.29, 0.717) is 0 Å². The van der Waals surface area contributed by atoms with E-state index in [-0.39, 0.29) is 37.5 Å². The van der Waals surface area contributed by atoms with Gasteiger partial charge in [0.15, 0.2) is 0 Å². The maximum Gasteiger partial charge on any atom is 0.326 e. The summed E-state index contributed by atoms with van der Waals surface area (Å²) in [6.07, 6.45) is 1.93. The highest BCUT2D eigenvalue weighted by atomic mass is 16.3. The summed E-state index contributed by atoms with van der Waals surface area (Å²) in [5.74, 6) is -9.76. The molecule has 0 radical (unpaired) electrons. The highest BCUT2D eigenvalue weighted by molar-refractivity contribution is 6.03. The number of imide groups is 2. The highest BCUT2D eigenvalue weighted by Gasteiger charge is 2.45. The average molecular weight is 1110 g/mol. The number of carbonyl (C=O) groups is 11. The molecule has 1 saturated heterocycles. The third-order valence-electron chi connectivity index (χ3n) is 14.0. The molecule has 1 unspecified atom stereocenters. The van der Waals surface area contributed by atoms with E-state index >= 15 is 0 Å². The van der Waals surface area contributed by atoms with Gasteiger partial charge in [0.1, 0.15) is 54.9 Å². The summed E-state index contributed by atoms with van der Waals surface area (Å²) in [7, 11) is 8.86. The van der Waals surface area contributed by atoms with E-state index in [1.165, 1.54) is 77.0 Å². The molecule has 24 nitrogen and oxygen atoms in total. The van der Waals surface area contributed by atoms with Crippen molar-refractivity contribution in [2.75, 3.05) is 55.9 Å². The maximum atomic E-state index is 14.7. The van der Waals surface area contributed by atoms with Crippen molar-refractivity contribution >= 4 is 65.2 Å². The summed E-state index contributed by atoms with van der Waals surface area (Å²) in [6, 6.07) is -13.0. The van der Waals surface area contributed by atoms with Crippen molar-refractivity contribution in [3.63, 3.8) is 0 Å². The van der Waals surface area contributed by atoms with E-state index in [4.69, 9.17) is 0 Å². The number of likely N-dealkylation sites (N-methyl/N-ethyl adjacent to an activating group) is 7. The van der Waals surface area contributed by atoms with Crippen molar-refractivity contribution in [1.82, 2.24) is 55.6 Å². The first-order valence-electron chi connectivity index (χ1n) is 26.8. The van der Waals surface area contributed by atoms with Gasteiger partial charge < -0.3 is 55.6 Å². The van der Waals surface area contributed by atoms with Crippen LogP contribution < -0.4 is 21.3 Å². The number of hydrogen-bond acceptors (Lipinski definition) is 13. The van der Waals surface area contributed by atoms with Crippen LogP contribution in [-0.2, 0) is 43.2 Å². The molecule has 1 heterocycles. The molecule has 444 valence electrons. The molecule has 0 spiro atoms. The van der Waals surface area contributed by atoms with Gasteiger partial charge in [0.25, 0.3) is 11.8 Å². The van der Waals surface area contributed by atoms with Crippen LogP contribution in [0, 0.1) is 29.6 Å². The number of nitrogens with zero attached hydrogens (tertiary/aromatic N) is 7. The molecule has 1 aliphatic rings. The van der Waals surface area contributed by atoms with Crippen LogP contribution in [-0.4, -0.2) is 226 Å². The molecule has 78 heavy (non-hydrogen) atoms. The molecule has 0 saturated carbocycles. The lowest BCUT2D eigenvalue weighted by atomic mass is 9.92. The van der Waals surface area contributed by atoms with Crippen molar-refractivity contribution in [1.29, 1.82) is 0 Å². The number of carbonyl (C=O) groups excluding carboxylic acids is 11. The first-order valence-corrected chi connectivity index (χ1v) is 26.8. The third kappa shape index (κ3) is 19.3. The number of aliphatic hydroxyl groups excluding tert-OH is 1. The average Bonchev–Trinajstić information content (AvgIpc) is 3.34. The monoisotopic (exact) mass is 1110 g/mol. The SMILES string of the molecule is C/C=C/C[C@@H](C)[C@@H](O)C1C(=O)NC(=O)N(C)CC(=O)N(C)[C@@H](CC(C)(C)O)C(=O)N[C@H](C(C)C)C(=O)N(C)[C@H](CC(C)C)C(=O)N[C@H](C)C(=O)N[C@H](C)C(=O)N(C)[C@@H](CC(C)C)C(=O)N(C)C(=O)N(C)[C@@H](C(C)C)C(=O)N1C. The molecule has 1 fully saturated rings. The first kappa shape index (κ1) is 69.8. The minimum Gasteiger partial charge on any atom is -0.390 e. The Morgan fingerprint density at radius 1 is 0.577 bits per heavy atom. The number of rotatable bonds is 12. The number of amides is 13. The van der Waals surface area contributed by atoms with Crippen LogP contribution in [0.1, 0.15) is 123 Å². The molecule has 0 aromatic heterocycles. The number of hydrogen-bond donors (Lipinski definition) is 6. The van der Waals surface area contributed by atoms with Crippen LogP contribution in [0.3, 0.4) is 0 Å². The fourth-order valence-corrected chi connectivity index (χ4v) is 9.12. The van der Waals surface area contributed by atoms with Crippen molar-refractivity contribution in [2.45, 2.75) is 183 Å². The van der Waals surface area contributed by atoms with Gasteiger partial charge in [-0.3, -0.25) is 53.4 Å². The second kappa shape index (κ2) is 30.3. The van der Waals surface area contributed by atoms with Crippen LogP contribution in [0.5, 0.6) is 0 Å². The van der Waals surface area contributed by atoms with Crippen molar-refractivity contribution < 1.29 is 63.0 Å². The van der Waals surface area contributed by atoms with Crippen LogP contribution in [0.15, 0.2) is 12.2 Å². The molecule has 0 aliphatic carbocycles. The molecular formula is C54H95N11O13. The van der Waals surface area contributed by atoms with Gasteiger partial charge in [0, 0.05) is 55.8 Å². The van der Waals surface area contributed by atoms with E-state index in [9.17, 15) is 63.0 Å². The topological polar surface area (TPSA) is 299 Å². The summed E-state index contributed by atoms with van der Waals surface area (Å²) in [4.78, 5) is 163. The molecule has 0 aromatic rings. The van der Waals surface area contributed by atoms with E-state index < -0.39 is 150 Å². The second-order valence-electron chi connectivity index (χ2n) is 23.2. The first-order chi connectivity index (χ1) is 35.7. The lowest BCUT2D eigenvalue weighted by Crippen LogP contribution is -2.63. The Morgan fingerprint density at radius 3 is 1.56 bits per heavy atom. The largest absolute Gasteiger partial charge is 0.390 e. The van der Waals surface area contributed by atoms with Crippen molar-refractivity contribution in [3.8, 4) is 0 Å². The molecule has 1 aliphatic heterocycles. The zero-order chi connectivity index (χ0) is 60.8. The van der Waals surface area contributed by atoms with E-state index in [2.05, 4.69) is 21.3 Å². The number of aliphatic hydroxyl groups is 2. The van der Waals surface area contributed by atoms with Crippen LogP contribution >= 0.6 is 0 Å². The molecule has 0 aromatic carbocycles. The van der Waals surface area contributed by atoms with Crippen LogP contribution in [0.2, 0.25) is 0 Å². The zero-order valence-electron chi connectivity index (χ0n) is 50.3. The summed E-state index contributed by atoms with van der Waals surface area (Å²) in [6.45, 7) is 22.0. The minimum atomic E-state index is -1.77. The van der Waals surface area contributed by atoms with Crippen molar-refractivity contribution in [2.24, 2.45) is 29.6 Å². The molecule has 13 amide bonds. The lowest BCUT2D eigenvalue weighted by Gasteiger charge is -2.40. The maximum absolute atomic E-state index is 14.7. The molecule has 1 rings (SSSR count). The van der Waals surface area contributed by atoms with E-state index in [1.807, 2.05) is 13.8 Å². The van der Waals surface area contributed by atoms with Gasteiger partial charge in [-0.15, -0.1) is 0 Å². The summed E-state index contributed by atoms with van der Waals surface area (Å²) in [5.41, 5.74) is -1.56.